The number of nitrogens with one attached hydrogen (secondary N) is 2. The van der Waals surface area contributed by atoms with Gasteiger partial charge in [-0.3, -0.25) is 4.79 Å². The second kappa shape index (κ2) is 9.71. The van der Waals surface area contributed by atoms with E-state index >= 15 is 0 Å². The van der Waals surface area contributed by atoms with Crippen molar-refractivity contribution in [3.8, 4) is 5.75 Å². The second-order valence-electron chi connectivity index (χ2n) is 6.79. The summed E-state index contributed by atoms with van der Waals surface area (Å²) in [6.45, 7) is 5.44. The summed E-state index contributed by atoms with van der Waals surface area (Å²) in [7, 11) is -2.51. The zero-order valence-electron chi connectivity index (χ0n) is 16.8. The van der Waals surface area contributed by atoms with E-state index in [1.54, 1.807) is 19.1 Å². The fourth-order valence-electron chi connectivity index (χ4n) is 2.73. The van der Waals surface area contributed by atoms with Gasteiger partial charge in [-0.1, -0.05) is 31.5 Å². The van der Waals surface area contributed by atoms with Gasteiger partial charge in [0.2, 0.25) is 15.9 Å². The lowest BCUT2D eigenvalue weighted by molar-refractivity contribution is -0.117. The van der Waals surface area contributed by atoms with E-state index in [0.29, 0.717) is 5.69 Å². The number of rotatable bonds is 9. The summed E-state index contributed by atoms with van der Waals surface area (Å²) in [4.78, 5) is 12.4. The fraction of sp³-hybridized carbons (Fsp3) is 0.381. The second-order valence-corrected chi connectivity index (χ2v) is 8.47. The highest BCUT2D eigenvalue weighted by molar-refractivity contribution is 7.89. The van der Waals surface area contributed by atoms with Gasteiger partial charge in [0.05, 0.1) is 13.2 Å². The number of hydrogen-bond acceptors (Lipinski definition) is 4. The van der Waals surface area contributed by atoms with Crippen molar-refractivity contribution >= 4 is 21.6 Å². The Kier molecular flexibility index (Phi) is 7.60. The lowest BCUT2D eigenvalue weighted by Gasteiger charge is -2.16. The van der Waals surface area contributed by atoms with E-state index in [1.165, 1.54) is 25.7 Å². The lowest BCUT2D eigenvalue weighted by atomic mass is 10.1. The molecule has 0 aliphatic heterocycles. The predicted octanol–water partition coefficient (Wildman–Crippen LogP) is 3.65. The van der Waals surface area contributed by atoms with Crippen LogP contribution >= 0.6 is 0 Å². The molecule has 0 fully saturated rings. The third-order valence-electron chi connectivity index (χ3n) is 4.37. The van der Waals surface area contributed by atoms with Crippen molar-refractivity contribution in [3.63, 3.8) is 0 Å². The average molecular weight is 405 g/mol. The summed E-state index contributed by atoms with van der Waals surface area (Å²) in [6.07, 6.45) is 3.24. The highest BCUT2D eigenvalue weighted by Crippen LogP contribution is 2.24. The molecule has 1 amide bonds. The molecule has 2 aromatic carbocycles. The maximum absolute atomic E-state index is 12.7. The van der Waals surface area contributed by atoms with Crippen molar-refractivity contribution < 1.29 is 17.9 Å². The number of unbranched alkanes of at least 4 members (excludes halogenated alkanes) is 1. The van der Waals surface area contributed by atoms with Gasteiger partial charge >= 0.3 is 0 Å². The number of benzene rings is 2. The molecular formula is C21H28N2O4S. The SMILES string of the molecule is CCCCc1ccc(NC(=O)[C@@H](C)NS(=O)(=O)c2cc(C)ccc2OC)cc1. The van der Waals surface area contributed by atoms with E-state index < -0.39 is 22.0 Å². The molecule has 6 nitrogen and oxygen atoms in total. The molecule has 0 saturated heterocycles. The van der Waals surface area contributed by atoms with Gasteiger partial charge in [-0.2, -0.15) is 4.72 Å². The van der Waals surface area contributed by atoms with Crippen molar-refractivity contribution in [2.24, 2.45) is 0 Å². The van der Waals surface area contributed by atoms with Crippen LogP contribution < -0.4 is 14.8 Å². The van der Waals surface area contributed by atoms with Crippen LogP contribution in [-0.2, 0) is 21.2 Å². The standard InChI is InChI=1S/C21H28N2O4S/c1-5-6-7-17-9-11-18(12-10-17)22-21(24)16(3)23-28(25,26)20-14-15(2)8-13-19(20)27-4/h8-14,16,23H,5-7H2,1-4H3,(H,22,24)/t16-/m1/s1. The molecule has 0 aliphatic carbocycles. The van der Waals surface area contributed by atoms with Gasteiger partial charge < -0.3 is 10.1 Å². The highest BCUT2D eigenvalue weighted by Gasteiger charge is 2.25. The minimum absolute atomic E-state index is 0.00919. The number of methoxy groups -OCH3 is 1. The summed E-state index contributed by atoms with van der Waals surface area (Å²) in [5, 5.41) is 2.74. The fourth-order valence-corrected chi connectivity index (χ4v) is 4.19. The Labute approximate surface area is 167 Å². The summed E-state index contributed by atoms with van der Waals surface area (Å²) in [6, 6.07) is 11.5. The van der Waals surface area contributed by atoms with Gasteiger partial charge in [0, 0.05) is 5.69 Å². The minimum Gasteiger partial charge on any atom is -0.495 e. The van der Waals surface area contributed by atoms with Crippen molar-refractivity contribution in [2.75, 3.05) is 12.4 Å². The molecule has 2 N–H and O–H groups in total. The van der Waals surface area contributed by atoms with Crippen LogP contribution in [0.15, 0.2) is 47.4 Å². The van der Waals surface area contributed by atoms with Crippen molar-refractivity contribution in [1.82, 2.24) is 4.72 Å². The highest BCUT2D eigenvalue weighted by atomic mass is 32.2. The van der Waals surface area contributed by atoms with Crippen LogP contribution in [-0.4, -0.2) is 27.5 Å². The normalized spacial score (nSPS) is 12.4. The number of hydrogen-bond donors (Lipinski definition) is 2. The molecule has 2 rings (SSSR count). The number of amides is 1. The van der Waals surface area contributed by atoms with Crippen LogP contribution in [0.1, 0.15) is 37.8 Å². The van der Waals surface area contributed by atoms with Gasteiger partial charge in [0.1, 0.15) is 10.6 Å². The molecule has 0 aliphatic rings. The van der Waals surface area contributed by atoms with E-state index in [4.69, 9.17) is 4.74 Å². The Morgan fingerprint density at radius 3 is 2.43 bits per heavy atom. The van der Waals surface area contributed by atoms with Gasteiger partial charge in [-0.05, 0) is 62.1 Å². The Hall–Kier alpha value is -2.38. The maximum Gasteiger partial charge on any atom is 0.244 e. The number of ether oxygens (including phenoxy) is 1. The molecule has 2 aromatic rings. The zero-order chi connectivity index (χ0) is 20.7. The molecule has 0 spiro atoms. The van der Waals surface area contributed by atoms with E-state index in [-0.39, 0.29) is 10.6 Å². The number of carbonyl (C=O) groups is 1. The summed E-state index contributed by atoms with van der Waals surface area (Å²) >= 11 is 0. The number of sulfonamides is 1. The van der Waals surface area contributed by atoms with E-state index in [9.17, 15) is 13.2 Å². The van der Waals surface area contributed by atoms with Crippen molar-refractivity contribution in [3.05, 3.63) is 53.6 Å². The molecule has 0 saturated carbocycles. The molecular weight excluding hydrogens is 376 g/mol. The number of carbonyl (C=O) groups excluding carboxylic acids is 1. The minimum atomic E-state index is -3.91. The largest absolute Gasteiger partial charge is 0.495 e. The van der Waals surface area contributed by atoms with Gasteiger partial charge in [0.15, 0.2) is 0 Å². The molecule has 28 heavy (non-hydrogen) atoms. The molecule has 7 heteroatoms. The van der Waals surface area contributed by atoms with Crippen LogP contribution in [0.5, 0.6) is 5.75 Å². The Morgan fingerprint density at radius 1 is 1.14 bits per heavy atom. The van der Waals surface area contributed by atoms with E-state index in [2.05, 4.69) is 17.0 Å². The van der Waals surface area contributed by atoms with Crippen LogP contribution in [0.4, 0.5) is 5.69 Å². The molecule has 0 radical (unpaired) electrons. The topological polar surface area (TPSA) is 84.5 Å². The predicted molar refractivity (Wildman–Crippen MR) is 111 cm³/mol. The van der Waals surface area contributed by atoms with Crippen LogP contribution in [0.3, 0.4) is 0 Å². The Balaban J connectivity index is 2.06. The third-order valence-corrected chi connectivity index (χ3v) is 5.94. The quantitative estimate of drug-likeness (QED) is 0.668. The smallest absolute Gasteiger partial charge is 0.244 e. The number of anilines is 1. The summed E-state index contributed by atoms with van der Waals surface area (Å²) < 4.78 is 33.0. The van der Waals surface area contributed by atoms with Crippen LogP contribution in [0, 0.1) is 6.92 Å². The molecule has 0 unspecified atom stereocenters. The molecule has 152 valence electrons. The lowest BCUT2D eigenvalue weighted by Crippen LogP contribution is -2.41. The molecule has 0 aromatic heterocycles. The first-order valence-corrected chi connectivity index (χ1v) is 10.8. The zero-order valence-corrected chi connectivity index (χ0v) is 17.6. The average Bonchev–Trinajstić information content (AvgIpc) is 2.67. The molecule has 0 bridgehead atoms. The van der Waals surface area contributed by atoms with Gasteiger partial charge in [-0.25, -0.2) is 8.42 Å². The molecule has 1 atom stereocenters. The Morgan fingerprint density at radius 2 is 1.82 bits per heavy atom. The van der Waals surface area contributed by atoms with Gasteiger partial charge in [0.25, 0.3) is 0 Å². The van der Waals surface area contributed by atoms with Crippen LogP contribution in [0.2, 0.25) is 0 Å². The van der Waals surface area contributed by atoms with Gasteiger partial charge in [-0.15, -0.1) is 0 Å². The van der Waals surface area contributed by atoms with Crippen molar-refractivity contribution in [1.29, 1.82) is 0 Å². The van der Waals surface area contributed by atoms with E-state index in [1.807, 2.05) is 24.3 Å². The first kappa shape index (κ1) is 21.9. The Bertz CT molecular complexity index is 909. The summed E-state index contributed by atoms with van der Waals surface area (Å²) in [5.74, 6) is -0.204. The van der Waals surface area contributed by atoms with E-state index in [0.717, 1.165) is 24.8 Å². The monoisotopic (exact) mass is 404 g/mol. The van der Waals surface area contributed by atoms with Crippen LogP contribution in [0.25, 0.3) is 0 Å². The molecule has 0 heterocycles. The first-order valence-electron chi connectivity index (χ1n) is 9.33. The first-order chi connectivity index (χ1) is 13.3. The number of aryl methyl sites for hydroxylation is 2. The maximum atomic E-state index is 12.7. The van der Waals surface area contributed by atoms with Crippen molar-refractivity contribution in [2.45, 2.75) is 51.0 Å². The summed E-state index contributed by atoms with van der Waals surface area (Å²) in [5.41, 5.74) is 2.62. The third kappa shape index (κ3) is 5.81.